The molecule has 1 aliphatic heterocycles. The van der Waals surface area contributed by atoms with Gasteiger partial charge < -0.3 is 15.8 Å². The van der Waals surface area contributed by atoms with Gasteiger partial charge in [-0.05, 0) is 18.1 Å². The van der Waals surface area contributed by atoms with Crippen LogP contribution in [0.4, 0.5) is 5.69 Å². The van der Waals surface area contributed by atoms with Gasteiger partial charge in [-0.25, -0.2) is 0 Å². The summed E-state index contributed by atoms with van der Waals surface area (Å²) in [7, 11) is 1.61. The third-order valence-electron chi connectivity index (χ3n) is 2.49. The van der Waals surface area contributed by atoms with Crippen molar-refractivity contribution in [3.8, 4) is 5.75 Å². The summed E-state index contributed by atoms with van der Waals surface area (Å²) in [5.74, 6) is 0.687. The third-order valence-corrected chi connectivity index (χ3v) is 2.79. The lowest BCUT2D eigenvalue weighted by Crippen LogP contribution is -2.22. The molecule has 0 saturated carbocycles. The maximum absolute atomic E-state index is 6.02. The van der Waals surface area contributed by atoms with Crippen molar-refractivity contribution >= 4 is 17.3 Å². The molecule has 1 aliphatic rings. The van der Waals surface area contributed by atoms with Crippen LogP contribution < -0.4 is 15.8 Å². The Labute approximate surface area is 88.2 Å². The van der Waals surface area contributed by atoms with Crippen LogP contribution in [0.25, 0.3) is 0 Å². The highest BCUT2D eigenvalue weighted by Gasteiger charge is 2.18. The normalized spacial score (nSPS) is 19.8. The maximum Gasteiger partial charge on any atom is 0.139 e. The van der Waals surface area contributed by atoms with Crippen LogP contribution in [0, 0.1) is 0 Å². The Morgan fingerprint density at radius 2 is 2.36 bits per heavy atom. The average molecular weight is 213 g/mol. The van der Waals surface area contributed by atoms with Gasteiger partial charge in [0.05, 0.1) is 12.1 Å². The molecule has 0 spiro atoms. The Morgan fingerprint density at radius 1 is 1.57 bits per heavy atom. The van der Waals surface area contributed by atoms with E-state index in [0.29, 0.717) is 10.8 Å². The topological polar surface area (TPSA) is 47.3 Å². The molecule has 0 saturated heterocycles. The number of rotatable bonds is 1. The monoisotopic (exact) mass is 212 g/mol. The fourth-order valence-electron chi connectivity index (χ4n) is 1.70. The van der Waals surface area contributed by atoms with Crippen LogP contribution in [-0.4, -0.2) is 13.7 Å². The molecule has 0 fully saturated rings. The Balaban J connectivity index is 2.48. The lowest BCUT2D eigenvalue weighted by molar-refractivity contribution is 0.414. The number of hydrogen-bond donors (Lipinski definition) is 2. The first-order valence-corrected chi connectivity index (χ1v) is 4.97. The van der Waals surface area contributed by atoms with Gasteiger partial charge in [0, 0.05) is 24.3 Å². The number of nitrogens with one attached hydrogen (secondary N) is 1. The minimum Gasteiger partial charge on any atom is -0.495 e. The van der Waals surface area contributed by atoms with Gasteiger partial charge >= 0.3 is 0 Å². The molecule has 3 N–H and O–H groups in total. The molecule has 0 aromatic heterocycles. The zero-order valence-electron chi connectivity index (χ0n) is 8.01. The smallest absolute Gasteiger partial charge is 0.139 e. The maximum atomic E-state index is 6.02. The first-order valence-electron chi connectivity index (χ1n) is 4.59. The van der Waals surface area contributed by atoms with E-state index in [1.54, 1.807) is 7.11 Å². The van der Waals surface area contributed by atoms with Gasteiger partial charge in [0.1, 0.15) is 5.75 Å². The van der Waals surface area contributed by atoms with Crippen LogP contribution in [0.1, 0.15) is 18.0 Å². The van der Waals surface area contributed by atoms with Crippen LogP contribution >= 0.6 is 11.6 Å². The van der Waals surface area contributed by atoms with Crippen molar-refractivity contribution < 1.29 is 4.74 Å². The summed E-state index contributed by atoms with van der Waals surface area (Å²) < 4.78 is 5.13. The molecule has 1 aromatic rings. The van der Waals surface area contributed by atoms with E-state index in [0.717, 1.165) is 24.2 Å². The predicted octanol–water partition coefficient (Wildman–Crippen LogP) is 2.16. The van der Waals surface area contributed by atoms with E-state index in [-0.39, 0.29) is 6.04 Å². The average Bonchev–Trinajstić information content (AvgIpc) is 2.19. The van der Waals surface area contributed by atoms with Crippen molar-refractivity contribution in [2.24, 2.45) is 5.73 Å². The minimum atomic E-state index is 0.0784. The zero-order valence-corrected chi connectivity index (χ0v) is 8.77. The summed E-state index contributed by atoms with van der Waals surface area (Å²) in [6.07, 6.45) is 0.940. The van der Waals surface area contributed by atoms with Crippen molar-refractivity contribution in [3.63, 3.8) is 0 Å². The molecule has 3 nitrogen and oxygen atoms in total. The second-order valence-corrected chi connectivity index (χ2v) is 3.80. The van der Waals surface area contributed by atoms with E-state index in [1.165, 1.54) is 0 Å². The quantitative estimate of drug-likeness (QED) is 0.750. The lowest BCUT2D eigenvalue weighted by atomic mass is 9.98. The number of ether oxygens (including phenoxy) is 1. The molecule has 0 bridgehead atoms. The number of hydrogen-bond acceptors (Lipinski definition) is 3. The molecular weight excluding hydrogens is 200 g/mol. The summed E-state index contributed by atoms with van der Waals surface area (Å²) in [6, 6.07) is 3.86. The van der Waals surface area contributed by atoms with Gasteiger partial charge in [-0.3, -0.25) is 0 Å². The van der Waals surface area contributed by atoms with Gasteiger partial charge in [0.25, 0.3) is 0 Å². The summed E-state index contributed by atoms with van der Waals surface area (Å²) in [5, 5.41) is 3.89. The molecule has 0 aliphatic carbocycles. The highest BCUT2D eigenvalue weighted by molar-refractivity contribution is 6.32. The van der Waals surface area contributed by atoms with Crippen molar-refractivity contribution in [1.82, 2.24) is 0 Å². The molecule has 0 amide bonds. The Morgan fingerprint density at radius 3 is 3.07 bits per heavy atom. The highest BCUT2D eigenvalue weighted by atomic mass is 35.5. The summed E-state index contributed by atoms with van der Waals surface area (Å²) in [6.45, 7) is 0.902. The van der Waals surface area contributed by atoms with E-state index < -0.39 is 0 Å². The molecule has 1 atom stereocenters. The van der Waals surface area contributed by atoms with Gasteiger partial charge in [0.15, 0.2) is 0 Å². The van der Waals surface area contributed by atoms with E-state index in [4.69, 9.17) is 22.1 Å². The fourth-order valence-corrected chi connectivity index (χ4v) is 1.95. The number of fused-ring (bicyclic) bond motifs is 1. The van der Waals surface area contributed by atoms with E-state index in [1.807, 2.05) is 12.1 Å². The van der Waals surface area contributed by atoms with Crippen molar-refractivity contribution in [3.05, 3.63) is 22.7 Å². The second kappa shape index (κ2) is 3.67. The van der Waals surface area contributed by atoms with Crippen molar-refractivity contribution in [2.45, 2.75) is 12.5 Å². The minimum absolute atomic E-state index is 0.0784. The first kappa shape index (κ1) is 9.62. The number of methoxy groups -OCH3 is 1. The zero-order chi connectivity index (χ0) is 10.1. The number of anilines is 1. The van der Waals surface area contributed by atoms with Crippen LogP contribution in [0.3, 0.4) is 0 Å². The van der Waals surface area contributed by atoms with Gasteiger partial charge in [-0.2, -0.15) is 0 Å². The van der Waals surface area contributed by atoms with E-state index in [2.05, 4.69) is 5.32 Å². The Hall–Kier alpha value is -0.930. The molecule has 0 radical (unpaired) electrons. The SMILES string of the molecule is COc1cc2c(cc1Cl)C(N)CCN2. The Bertz CT molecular complexity index is 354. The largest absolute Gasteiger partial charge is 0.495 e. The summed E-state index contributed by atoms with van der Waals surface area (Å²) in [5.41, 5.74) is 8.07. The number of halogens is 1. The van der Waals surface area contributed by atoms with E-state index >= 15 is 0 Å². The summed E-state index contributed by atoms with van der Waals surface area (Å²) in [4.78, 5) is 0. The molecule has 1 heterocycles. The molecular formula is C10H13ClN2O. The molecule has 1 unspecified atom stereocenters. The first-order chi connectivity index (χ1) is 6.72. The molecule has 1 aromatic carbocycles. The van der Waals surface area contributed by atoms with Gasteiger partial charge in [-0.15, -0.1) is 0 Å². The molecule has 4 heteroatoms. The third kappa shape index (κ3) is 1.53. The number of benzene rings is 1. The molecule has 76 valence electrons. The molecule has 14 heavy (non-hydrogen) atoms. The van der Waals surface area contributed by atoms with Crippen LogP contribution in [-0.2, 0) is 0 Å². The van der Waals surface area contributed by atoms with Gasteiger partial charge in [-0.1, -0.05) is 11.6 Å². The Kier molecular flexibility index (Phi) is 2.52. The summed E-state index contributed by atoms with van der Waals surface area (Å²) >= 11 is 6.02. The van der Waals surface area contributed by atoms with E-state index in [9.17, 15) is 0 Å². The second-order valence-electron chi connectivity index (χ2n) is 3.40. The van der Waals surface area contributed by atoms with Crippen molar-refractivity contribution in [2.75, 3.05) is 19.0 Å². The van der Waals surface area contributed by atoms with Gasteiger partial charge in [0.2, 0.25) is 0 Å². The van der Waals surface area contributed by atoms with Crippen molar-refractivity contribution in [1.29, 1.82) is 0 Å². The lowest BCUT2D eigenvalue weighted by Gasteiger charge is -2.24. The molecule has 2 rings (SSSR count). The van der Waals surface area contributed by atoms with Crippen LogP contribution in [0.2, 0.25) is 5.02 Å². The predicted molar refractivity (Wildman–Crippen MR) is 58.0 cm³/mol. The standard InChI is InChI=1S/C10H13ClN2O/c1-14-10-5-9-6(4-7(10)11)8(12)2-3-13-9/h4-5,8,13H,2-3,12H2,1H3. The fraction of sp³-hybridized carbons (Fsp3) is 0.400. The van der Waals surface area contributed by atoms with Crippen LogP contribution in [0.15, 0.2) is 12.1 Å². The number of nitrogens with two attached hydrogens (primary N) is 1. The highest BCUT2D eigenvalue weighted by Crippen LogP contribution is 2.36. The van der Waals surface area contributed by atoms with Crippen LogP contribution in [0.5, 0.6) is 5.75 Å².